The van der Waals surface area contributed by atoms with Gasteiger partial charge in [-0.3, -0.25) is 0 Å². The van der Waals surface area contributed by atoms with E-state index < -0.39 is 13.9 Å². The van der Waals surface area contributed by atoms with Crippen LogP contribution in [0.15, 0.2) is 48.5 Å². The smallest absolute Gasteiger partial charge is 0.599 e. The lowest BCUT2D eigenvalue weighted by Gasteiger charge is -2.12. The van der Waals surface area contributed by atoms with Gasteiger partial charge in [0, 0.05) is 12.1 Å². The molecular weight excluding hydrogens is 295 g/mol. The van der Waals surface area contributed by atoms with Gasteiger partial charge in [-0.05, 0) is 24.3 Å². The number of benzene rings is 2. The zero-order valence-electron chi connectivity index (χ0n) is 10.6. The number of rotatable bonds is 0. The Bertz CT molecular complexity index is 541. The third-order valence-electron chi connectivity index (χ3n) is 2.69. The molecule has 1 heterocycles. The molecule has 2 aromatic rings. The molecule has 1 aliphatic heterocycles. The van der Waals surface area contributed by atoms with Gasteiger partial charge in [-0.1, -0.05) is 12.1 Å². The molecule has 20 heavy (non-hydrogen) atoms. The molecule has 0 aromatic heterocycles. The molecule has 0 N–H and O–H groups in total. The quantitative estimate of drug-likeness (QED) is 0.701. The van der Waals surface area contributed by atoms with E-state index in [-0.39, 0.29) is 0 Å². The lowest BCUT2D eigenvalue weighted by Crippen LogP contribution is -2.23. The third kappa shape index (κ3) is 3.52. The molecule has 6 heteroatoms. The predicted molar refractivity (Wildman–Crippen MR) is 76.7 cm³/mol. The summed E-state index contributed by atoms with van der Waals surface area (Å²) < 4.78 is 22.4. The molecule has 0 unspecified atom stereocenters. The largest absolute Gasteiger partial charge is 0.999 e. The van der Waals surface area contributed by atoms with Gasteiger partial charge in [-0.2, -0.15) is 10.0 Å². The first-order valence-electron chi connectivity index (χ1n) is 6.23. The minimum atomic E-state index is -2.34. The van der Waals surface area contributed by atoms with Crippen LogP contribution in [0, 0.1) is 0 Å². The van der Waals surface area contributed by atoms with E-state index in [9.17, 15) is 0 Å². The van der Waals surface area contributed by atoms with Crippen LogP contribution in [0.5, 0.6) is 23.0 Å². The van der Waals surface area contributed by atoms with Crippen molar-refractivity contribution in [3.8, 4) is 23.0 Å². The number of hydrogen-bond acceptors (Lipinski definition) is 4. The van der Waals surface area contributed by atoms with Crippen LogP contribution in [0.2, 0.25) is 0 Å². The van der Waals surface area contributed by atoms with Crippen LogP contribution in [0.1, 0.15) is 0 Å². The summed E-state index contributed by atoms with van der Waals surface area (Å²) in [7, 11) is 6.17. The molecular formula is C14H12AlClO4. The molecule has 0 fully saturated rings. The van der Waals surface area contributed by atoms with E-state index in [1.807, 2.05) is 36.4 Å². The van der Waals surface area contributed by atoms with Gasteiger partial charge in [-0.15, -0.1) is 0 Å². The van der Waals surface area contributed by atoms with Crippen molar-refractivity contribution in [1.82, 2.24) is 0 Å². The molecule has 2 aromatic carbocycles. The summed E-state index contributed by atoms with van der Waals surface area (Å²) in [5.41, 5.74) is 0. The number of hydrogen-bond donors (Lipinski definition) is 0. The highest BCUT2D eigenvalue weighted by molar-refractivity contribution is 7.00. The molecule has 0 radical (unpaired) electrons. The van der Waals surface area contributed by atoms with Crippen molar-refractivity contribution in [2.75, 3.05) is 13.2 Å². The van der Waals surface area contributed by atoms with Crippen molar-refractivity contribution >= 4 is 23.9 Å². The fraction of sp³-hybridized carbons (Fsp3) is 0.143. The molecule has 3 rings (SSSR count). The summed E-state index contributed by atoms with van der Waals surface area (Å²) in [6, 6.07) is 14.7. The molecule has 102 valence electrons. The number of fused-ring (bicyclic) bond motifs is 4. The van der Waals surface area contributed by atoms with E-state index in [2.05, 4.69) is 0 Å². The van der Waals surface area contributed by atoms with E-state index in [4.69, 9.17) is 27.1 Å². The van der Waals surface area contributed by atoms with Crippen LogP contribution in [-0.4, -0.2) is 27.1 Å². The number of halogens is 1. The molecule has 0 spiro atoms. The monoisotopic (exact) mass is 306 g/mol. The minimum Gasteiger partial charge on any atom is -0.599 e. The van der Waals surface area contributed by atoms with Crippen LogP contribution >= 0.6 is 10.0 Å². The normalized spacial score (nSPS) is 14.3. The van der Waals surface area contributed by atoms with Gasteiger partial charge < -0.3 is 17.1 Å². The van der Waals surface area contributed by atoms with Crippen molar-refractivity contribution in [2.24, 2.45) is 0 Å². The Hall–Kier alpha value is -1.54. The van der Waals surface area contributed by atoms with Gasteiger partial charge in [0.05, 0.1) is 11.5 Å². The van der Waals surface area contributed by atoms with Crippen LogP contribution < -0.4 is 17.1 Å². The van der Waals surface area contributed by atoms with Crippen LogP contribution in [0.4, 0.5) is 0 Å². The van der Waals surface area contributed by atoms with Crippen LogP contribution in [0.3, 0.4) is 0 Å². The third-order valence-corrected chi connectivity index (χ3v) is 4.14. The molecule has 4 bridgehead atoms. The van der Waals surface area contributed by atoms with Gasteiger partial charge in [0.2, 0.25) is 0 Å². The Labute approximate surface area is 126 Å². The zero-order valence-corrected chi connectivity index (χ0v) is 12.5. The summed E-state index contributed by atoms with van der Waals surface area (Å²) in [6.07, 6.45) is 0. The molecule has 0 amide bonds. The first-order chi connectivity index (χ1) is 9.79. The van der Waals surface area contributed by atoms with Gasteiger partial charge in [0.25, 0.3) is 0 Å². The Morgan fingerprint density at radius 2 is 1.20 bits per heavy atom. The van der Waals surface area contributed by atoms with Gasteiger partial charge in [-0.25, -0.2) is 0 Å². The average molecular weight is 307 g/mol. The van der Waals surface area contributed by atoms with E-state index in [1.54, 1.807) is 12.1 Å². The highest BCUT2D eigenvalue weighted by Crippen LogP contribution is 2.24. The number of ether oxygens (including phenoxy) is 2. The Morgan fingerprint density at radius 3 is 1.70 bits per heavy atom. The Morgan fingerprint density at radius 1 is 0.750 bits per heavy atom. The minimum absolute atomic E-state index is 0.455. The zero-order chi connectivity index (χ0) is 13.8. The predicted octanol–water partition coefficient (Wildman–Crippen LogP) is 3.14. The average Bonchev–Trinajstić information content (AvgIpc) is 2.44. The maximum atomic E-state index is 6.17. The van der Waals surface area contributed by atoms with Crippen molar-refractivity contribution in [1.29, 1.82) is 0 Å². The van der Waals surface area contributed by atoms with E-state index in [1.165, 1.54) is 0 Å². The van der Waals surface area contributed by atoms with Gasteiger partial charge >= 0.3 is 13.9 Å². The Kier molecular flexibility index (Phi) is 4.22. The second kappa shape index (κ2) is 6.28. The standard InChI is InChI=1S/C14H14O4.Al.ClH/c15-11-3-1-5-13(9-11)17-7-8-18-14-6-2-4-12(16)10-14;;/h1-6,9-10,15-16H,7-8H2;;1H/q;+3;/p-3. The topological polar surface area (TPSA) is 36.9 Å². The van der Waals surface area contributed by atoms with E-state index in [0.29, 0.717) is 24.7 Å². The molecule has 0 saturated carbocycles. The Balaban J connectivity index is 1.85. The maximum absolute atomic E-state index is 6.17. The second-order valence-electron chi connectivity index (χ2n) is 4.16. The van der Waals surface area contributed by atoms with Crippen molar-refractivity contribution in [3.63, 3.8) is 0 Å². The van der Waals surface area contributed by atoms with E-state index in [0.717, 1.165) is 11.5 Å². The highest BCUT2D eigenvalue weighted by Gasteiger charge is 2.31. The fourth-order valence-electron chi connectivity index (χ4n) is 1.83. The summed E-state index contributed by atoms with van der Waals surface area (Å²) in [5, 5.41) is 0. The van der Waals surface area contributed by atoms with E-state index >= 15 is 0 Å². The van der Waals surface area contributed by atoms with Gasteiger partial charge in [0.1, 0.15) is 24.7 Å². The lowest BCUT2D eigenvalue weighted by atomic mass is 10.3. The first kappa shape index (κ1) is 13.4. The van der Waals surface area contributed by atoms with Crippen molar-refractivity contribution in [3.05, 3.63) is 48.5 Å². The van der Waals surface area contributed by atoms with Crippen molar-refractivity contribution in [2.45, 2.75) is 0 Å². The maximum Gasteiger partial charge on any atom is 0.999 e. The van der Waals surface area contributed by atoms with Crippen molar-refractivity contribution < 1.29 is 17.1 Å². The second-order valence-corrected chi connectivity index (χ2v) is 6.25. The summed E-state index contributed by atoms with van der Waals surface area (Å²) in [6.45, 7) is 0.909. The SMILES string of the molecule is [Cl][Al]1[O]c2cccc(c2)OCCOc2cccc(c2)[O]1. The molecule has 4 nitrogen and oxygen atoms in total. The van der Waals surface area contributed by atoms with Crippen LogP contribution in [-0.2, 0) is 0 Å². The summed E-state index contributed by atoms with van der Waals surface area (Å²) in [4.78, 5) is 0. The summed E-state index contributed by atoms with van der Waals surface area (Å²) in [5.74, 6) is 2.72. The highest BCUT2D eigenvalue weighted by atomic mass is 35.6. The molecule has 1 aliphatic rings. The fourth-order valence-corrected chi connectivity index (χ4v) is 3.22. The van der Waals surface area contributed by atoms with Gasteiger partial charge in [0.15, 0.2) is 0 Å². The molecule has 0 aliphatic carbocycles. The lowest BCUT2D eigenvalue weighted by molar-refractivity contribution is 0.217. The van der Waals surface area contributed by atoms with Crippen LogP contribution in [0.25, 0.3) is 0 Å². The summed E-state index contributed by atoms with van der Waals surface area (Å²) >= 11 is -2.34. The molecule has 0 saturated heterocycles. The molecule has 0 atom stereocenters. The first-order valence-corrected chi connectivity index (χ1v) is 8.91.